The van der Waals surface area contributed by atoms with Crippen molar-refractivity contribution < 1.29 is 4.79 Å². The zero-order chi connectivity index (χ0) is 10.6. The minimum absolute atomic E-state index is 0.177. The molecule has 1 amide bonds. The van der Waals surface area contributed by atoms with Crippen LogP contribution in [-0.2, 0) is 4.79 Å². The molecule has 0 aromatic heterocycles. The van der Waals surface area contributed by atoms with Gasteiger partial charge in [0.15, 0.2) is 0 Å². The zero-order valence-corrected chi connectivity index (χ0v) is 9.55. The van der Waals surface area contributed by atoms with Crippen LogP contribution in [0.5, 0.6) is 0 Å². The number of carbonyl (C=O) groups is 1. The molecule has 0 radical (unpaired) electrons. The van der Waals surface area contributed by atoms with Gasteiger partial charge >= 0.3 is 0 Å². The molecule has 2 nitrogen and oxygen atoms in total. The summed E-state index contributed by atoms with van der Waals surface area (Å²) in [5, 5.41) is 0. The lowest BCUT2D eigenvalue weighted by Gasteiger charge is -2.25. The normalized spacial score (nSPS) is 20.6. The van der Waals surface area contributed by atoms with Crippen molar-refractivity contribution in [3.8, 4) is 0 Å². The molecular formula is C12H21NO. The summed E-state index contributed by atoms with van der Waals surface area (Å²) < 4.78 is 0. The van der Waals surface area contributed by atoms with Crippen molar-refractivity contribution in [2.75, 3.05) is 13.1 Å². The van der Waals surface area contributed by atoms with Crippen LogP contribution in [0.1, 0.15) is 40.0 Å². The summed E-state index contributed by atoms with van der Waals surface area (Å²) in [6.07, 6.45) is 7.02. The van der Waals surface area contributed by atoms with E-state index < -0.39 is 0 Å². The van der Waals surface area contributed by atoms with Crippen molar-refractivity contribution in [1.29, 1.82) is 0 Å². The van der Waals surface area contributed by atoms with E-state index in [-0.39, 0.29) is 5.91 Å². The van der Waals surface area contributed by atoms with Gasteiger partial charge in [0, 0.05) is 13.1 Å². The highest BCUT2D eigenvalue weighted by atomic mass is 16.2. The number of amides is 1. The van der Waals surface area contributed by atoms with Crippen LogP contribution in [0, 0.1) is 5.41 Å². The van der Waals surface area contributed by atoms with Crippen LogP contribution in [0.2, 0.25) is 0 Å². The summed E-state index contributed by atoms with van der Waals surface area (Å²) in [6, 6.07) is 0. The second kappa shape index (κ2) is 4.63. The molecule has 0 bridgehead atoms. The molecule has 0 atom stereocenters. The molecule has 0 aromatic rings. The Kier molecular flexibility index (Phi) is 3.73. The zero-order valence-electron chi connectivity index (χ0n) is 9.55. The van der Waals surface area contributed by atoms with Crippen molar-refractivity contribution >= 4 is 5.91 Å². The first-order chi connectivity index (χ1) is 6.67. The molecule has 1 fully saturated rings. The van der Waals surface area contributed by atoms with Gasteiger partial charge in [0.05, 0.1) is 0 Å². The van der Waals surface area contributed by atoms with E-state index in [1.54, 1.807) is 6.08 Å². The highest BCUT2D eigenvalue weighted by Gasteiger charge is 2.36. The second-order valence-corrected chi connectivity index (χ2v) is 4.22. The number of carbonyl (C=O) groups excluding carboxylic acids is 1. The Morgan fingerprint density at radius 2 is 2.07 bits per heavy atom. The van der Waals surface area contributed by atoms with Crippen molar-refractivity contribution in [1.82, 2.24) is 4.90 Å². The minimum Gasteiger partial charge on any atom is -0.339 e. The number of allylic oxidation sites excluding steroid dienone is 1. The average Bonchev–Trinajstić information content (AvgIpc) is 2.63. The Hall–Kier alpha value is -0.790. The molecule has 0 aliphatic carbocycles. The van der Waals surface area contributed by atoms with Gasteiger partial charge in [-0.1, -0.05) is 19.9 Å². The summed E-state index contributed by atoms with van der Waals surface area (Å²) in [6.45, 7) is 8.23. The monoisotopic (exact) mass is 195 g/mol. The van der Waals surface area contributed by atoms with E-state index in [1.165, 1.54) is 19.3 Å². The van der Waals surface area contributed by atoms with Gasteiger partial charge in [-0.15, -0.1) is 0 Å². The fourth-order valence-corrected chi connectivity index (χ4v) is 2.20. The Labute approximate surface area is 87.0 Å². The molecule has 1 rings (SSSR count). The number of likely N-dealkylation sites (tertiary alicyclic amines) is 1. The highest BCUT2D eigenvalue weighted by Crippen LogP contribution is 2.36. The Balaban J connectivity index is 2.60. The molecule has 1 heterocycles. The lowest BCUT2D eigenvalue weighted by atomic mass is 9.82. The first-order valence-electron chi connectivity index (χ1n) is 5.59. The molecule has 14 heavy (non-hydrogen) atoms. The van der Waals surface area contributed by atoms with E-state index in [0.717, 1.165) is 13.1 Å². The molecule has 1 saturated heterocycles. The van der Waals surface area contributed by atoms with Crippen LogP contribution in [0.25, 0.3) is 0 Å². The largest absolute Gasteiger partial charge is 0.339 e. The quantitative estimate of drug-likeness (QED) is 0.634. The third-order valence-electron chi connectivity index (χ3n) is 3.56. The first-order valence-corrected chi connectivity index (χ1v) is 5.59. The summed E-state index contributed by atoms with van der Waals surface area (Å²) >= 11 is 0. The Bertz CT molecular complexity index is 228. The molecule has 80 valence electrons. The van der Waals surface area contributed by atoms with E-state index in [9.17, 15) is 4.79 Å². The second-order valence-electron chi connectivity index (χ2n) is 4.22. The molecule has 0 spiro atoms. The van der Waals surface area contributed by atoms with E-state index in [1.807, 2.05) is 17.9 Å². The SMILES string of the molecule is CC=CC(=O)N1CCC(CC)(CC)C1. The third-order valence-corrected chi connectivity index (χ3v) is 3.56. The van der Waals surface area contributed by atoms with Crippen LogP contribution in [-0.4, -0.2) is 23.9 Å². The number of hydrogen-bond donors (Lipinski definition) is 0. The van der Waals surface area contributed by atoms with Crippen molar-refractivity contribution in [2.45, 2.75) is 40.0 Å². The molecule has 0 saturated carbocycles. The highest BCUT2D eigenvalue weighted by molar-refractivity contribution is 5.87. The van der Waals surface area contributed by atoms with E-state index in [2.05, 4.69) is 13.8 Å². The molecule has 2 heteroatoms. The standard InChI is InChI=1S/C12H21NO/c1-4-7-11(14)13-9-8-12(5-2,6-3)10-13/h4,7H,5-6,8-10H2,1-3H3. The van der Waals surface area contributed by atoms with Crippen LogP contribution < -0.4 is 0 Å². The fraction of sp³-hybridized carbons (Fsp3) is 0.750. The molecule has 0 N–H and O–H groups in total. The fourth-order valence-electron chi connectivity index (χ4n) is 2.20. The molecule has 1 aliphatic rings. The van der Waals surface area contributed by atoms with Crippen LogP contribution in [0.3, 0.4) is 0 Å². The smallest absolute Gasteiger partial charge is 0.246 e. The van der Waals surface area contributed by atoms with E-state index in [0.29, 0.717) is 5.41 Å². The summed E-state index contributed by atoms with van der Waals surface area (Å²) in [4.78, 5) is 13.6. The topological polar surface area (TPSA) is 20.3 Å². The predicted molar refractivity (Wildman–Crippen MR) is 59.0 cm³/mol. The van der Waals surface area contributed by atoms with Crippen molar-refractivity contribution in [3.05, 3.63) is 12.2 Å². The Morgan fingerprint density at radius 3 is 2.50 bits per heavy atom. The van der Waals surface area contributed by atoms with E-state index in [4.69, 9.17) is 0 Å². The van der Waals surface area contributed by atoms with Crippen LogP contribution >= 0.6 is 0 Å². The van der Waals surface area contributed by atoms with Crippen LogP contribution in [0.15, 0.2) is 12.2 Å². The Morgan fingerprint density at radius 1 is 1.43 bits per heavy atom. The average molecular weight is 195 g/mol. The maximum atomic E-state index is 11.6. The summed E-state index contributed by atoms with van der Waals surface area (Å²) in [5.41, 5.74) is 0.400. The maximum absolute atomic E-state index is 11.6. The maximum Gasteiger partial charge on any atom is 0.246 e. The molecule has 0 aromatic carbocycles. The van der Waals surface area contributed by atoms with Gasteiger partial charge in [0.1, 0.15) is 0 Å². The lowest BCUT2D eigenvalue weighted by Crippen LogP contribution is -2.30. The van der Waals surface area contributed by atoms with Gasteiger partial charge in [-0.25, -0.2) is 0 Å². The molecular weight excluding hydrogens is 174 g/mol. The van der Waals surface area contributed by atoms with Crippen molar-refractivity contribution in [2.24, 2.45) is 5.41 Å². The minimum atomic E-state index is 0.177. The number of hydrogen-bond acceptors (Lipinski definition) is 1. The number of nitrogens with zero attached hydrogens (tertiary/aromatic N) is 1. The van der Waals surface area contributed by atoms with Gasteiger partial charge in [0.2, 0.25) is 5.91 Å². The predicted octanol–water partition coefficient (Wildman–Crippen LogP) is 2.60. The van der Waals surface area contributed by atoms with Gasteiger partial charge in [-0.05, 0) is 37.7 Å². The van der Waals surface area contributed by atoms with Gasteiger partial charge in [-0.2, -0.15) is 0 Å². The van der Waals surface area contributed by atoms with Gasteiger partial charge < -0.3 is 4.90 Å². The van der Waals surface area contributed by atoms with Crippen LogP contribution in [0.4, 0.5) is 0 Å². The summed E-state index contributed by atoms with van der Waals surface area (Å²) in [7, 11) is 0. The van der Waals surface area contributed by atoms with Gasteiger partial charge in [-0.3, -0.25) is 4.79 Å². The summed E-state index contributed by atoms with van der Waals surface area (Å²) in [5.74, 6) is 0.177. The number of rotatable bonds is 3. The molecule has 0 unspecified atom stereocenters. The molecule has 1 aliphatic heterocycles. The van der Waals surface area contributed by atoms with Gasteiger partial charge in [0.25, 0.3) is 0 Å². The third kappa shape index (κ3) is 2.17. The van der Waals surface area contributed by atoms with Crippen molar-refractivity contribution in [3.63, 3.8) is 0 Å². The lowest BCUT2D eigenvalue weighted by molar-refractivity contribution is -0.125. The first kappa shape index (κ1) is 11.3. The van der Waals surface area contributed by atoms with E-state index >= 15 is 0 Å².